The number of esters is 1. The number of aromatic amines is 1. The van der Waals surface area contributed by atoms with Crippen LogP contribution in [0.15, 0.2) is 42.7 Å². The Morgan fingerprint density at radius 3 is 2.54 bits per heavy atom. The van der Waals surface area contributed by atoms with Crippen molar-refractivity contribution < 1.29 is 18.7 Å². The van der Waals surface area contributed by atoms with Crippen LogP contribution in [0.2, 0.25) is 0 Å². The number of hydrogen-bond donors (Lipinski definition) is 2. The molecule has 0 unspecified atom stereocenters. The second-order valence-electron chi connectivity index (χ2n) is 6.34. The molecule has 0 fully saturated rings. The van der Waals surface area contributed by atoms with Crippen LogP contribution in [0.5, 0.6) is 0 Å². The summed E-state index contributed by atoms with van der Waals surface area (Å²) in [6.07, 6.45) is 3.17. The zero-order valence-electron chi connectivity index (χ0n) is 15.2. The van der Waals surface area contributed by atoms with Gasteiger partial charge in [0.1, 0.15) is 5.82 Å². The SMILES string of the molecule is COC(=O)c1ccc(-c2c(F)ccc3c2C(=Cc2nc[nH]c2C)C(=O)N3)cc1. The van der Waals surface area contributed by atoms with Crippen LogP contribution in [0, 0.1) is 12.7 Å². The first-order valence-corrected chi connectivity index (χ1v) is 8.54. The van der Waals surface area contributed by atoms with Crippen molar-refractivity contribution in [3.05, 3.63) is 71.1 Å². The van der Waals surface area contributed by atoms with E-state index in [1.165, 1.54) is 25.6 Å². The fourth-order valence-corrected chi connectivity index (χ4v) is 3.23. The van der Waals surface area contributed by atoms with E-state index in [1.54, 1.807) is 30.3 Å². The Balaban J connectivity index is 1.88. The third-order valence-electron chi connectivity index (χ3n) is 4.66. The van der Waals surface area contributed by atoms with Crippen molar-refractivity contribution >= 4 is 29.2 Å². The lowest BCUT2D eigenvalue weighted by Gasteiger charge is -2.11. The van der Waals surface area contributed by atoms with E-state index >= 15 is 0 Å². The molecule has 6 nitrogen and oxygen atoms in total. The van der Waals surface area contributed by atoms with Gasteiger partial charge in [-0.2, -0.15) is 0 Å². The number of fused-ring (bicyclic) bond motifs is 1. The molecule has 1 aliphatic heterocycles. The minimum atomic E-state index is -0.475. The summed E-state index contributed by atoms with van der Waals surface area (Å²) in [6, 6.07) is 9.23. The van der Waals surface area contributed by atoms with Gasteiger partial charge in [-0.3, -0.25) is 4.79 Å². The first-order valence-electron chi connectivity index (χ1n) is 8.54. The van der Waals surface area contributed by atoms with Crippen molar-refractivity contribution in [2.24, 2.45) is 0 Å². The number of ether oxygens (including phenoxy) is 1. The molecule has 0 bridgehead atoms. The van der Waals surface area contributed by atoms with Gasteiger partial charge in [0.25, 0.3) is 5.91 Å². The summed E-state index contributed by atoms with van der Waals surface area (Å²) in [5, 5.41) is 2.77. The Hall–Kier alpha value is -3.74. The summed E-state index contributed by atoms with van der Waals surface area (Å²) >= 11 is 0. The smallest absolute Gasteiger partial charge is 0.337 e. The van der Waals surface area contributed by atoms with Crippen molar-refractivity contribution in [1.82, 2.24) is 9.97 Å². The Labute approximate surface area is 160 Å². The third-order valence-corrected chi connectivity index (χ3v) is 4.66. The number of H-pyrrole nitrogens is 1. The molecule has 0 aliphatic carbocycles. The van der Waals surface area contributed by atoms with E-state index in [2.05, 4.69) is 15.3 Å². The van der Waals surface area contributed by atoms with E-state index in [4.69, 9.17) is 4.74 Å². The van der Waals surface area contributed by atoms with E-state index in [0.29, 0.717) is 33.6 Å². The number of hydrogen-bond acceptors (Lipinski definition) is 4. The number of aromatic nitrogens is 2. The molecule has 0 spiro atoms. The highest BCUT2D eigenvalue weighted by atomic mass is 19.1. The normalized spacial score (nSPS) is 14.1. The average molecular weight is 377 g/mol. The summed E-state index contributed by atoms with van der Waals surface area (Å²) < 4.78 is 19.5. The van der Waals surface area contributed by atoms with E-state index < -0.39 is 11.8 Å². The molecule has 2 heterocycles. The van der Waals surface area contributed by atoms with Gasteiger partial charge >= 0.3 is 5.97 Å². The molecule has 7 heteroatoms. The lowest BCUT2D eigenvalue weighted by Crippen LogP contribution is -2.03. The molecule has 4 rings (SSSR count). The minimum Gasteiger partial charge on any atom is -0.465 e. The van der Waals surface area contributed by atoms with Crippen LogP contribution in [0.4, 0.5) is 10.1 Å². The van der Waals surface area contributed by atoms with E-state index in [-0.39, 0.29) is 11.5 Å². The van der Waals surface area contributed by atoms with Crippen LogP contribution in [0.1, 0.15) is 27.3 Å². The van der Waals surface area contributed by atoms with Gasteiger partial charge < -0.3 is 15.0 Å². The Morgan fingerprint density at radius 2 is 1.89 bits per heavy atom. The van der Waals surface area contributed by atoms with Gasteiger partial charge in [-0.05, 0) is 42.8 Å². The maximum absolute atomic E-state index is 14.8. The highest BCUT2D eigenvalue weighted by Gasteiger charge is 2.30. The molecule has 1 amide bonds. The van der Waals surface area contributed by atoms with Gasteiger partial charge in [-0.25, -0.2) is 14.2 Å². The van der Waals surface area contributed by atoms with Gasteiger partial charge in [0.05, 0.1) is 30.3 Å². The number of nitrogens with zero attached hydrogens (tertiary/aromatic N) is 1. The first kappa shape index (κ1) is 17.7. The number of carbonyl (C=O) groups excluding carboxylic acids is 2. The summed E-state index contributed by atoms with van der Waals surface area (Å²) in [7, 11) is 1.30. The molecule has 140 valence electrons. The second kappa shape index (κ2) is 6.77. The molecule has 28 heavy (non-hydrogen) atoms. The third kappa shape index (κ3) is 2.87. The minimum absolute atomic E-state index is 0.284. The summed E-state index contributed by atoms with van der Waals surface area (Å²) in [6.45, 7) is 1.84. The van der Waals surface area contributed by atoms with Crippen molar-refractivity contribution in [3.8, 4) is 11.1 Å². The predicted molar refractivity (Wildman–Crippen MR) is 103 cm³/mol. The second-order valence-corrected chi connectivity index (χ2v) is 6.34. The molecule has 1 aliphatic rings. The Bertz CT molecular complexity index is 1130. The van der Waals surface area contributed by atoms with Gasteiger partial charge in [0.2, 0.25) is 0 Å². The molecule has 0 saturated heterocycles. The number of anilines is 1. The molecular weight excluding hydrogens is 361 g/mol. The highest BCUT2D eigenvalue weighted by Crippen LogP contribution is 2.42. The van der Waals surface area contributed by atoms with E-state index in [0.717, 1.165) is 5.69 Å². The maximum atomic E-state index is 14.8. The van der Waals surface area contributed by atoms with Crippen molar-refractivity contribution in [3.63, 3.8) is 0 Å². The van der Waals surface area contributed by atoms with Gasteiger partial charge in [-0.1, -0.05) is 12.1 Å². The molecule has 2 N–H and O–H groups in total. The molecule has 0 radical (unpaired) electrons. The molecule has 0 saturated carbocycles. The number of halogens is 1. The summed E-state index contributed by atoms with van der Waals surface area (Å²) in [4.78, 5) is 31.3. The fourth-order valence-electron chi connectivity index (χ4n) is 3.23. The zero-order valence-corrected chi connectivity index (χ0v) is 15.2. The topological polar surface area (TPSA) is 84.1 Å². The number of rotatable bonds is 3. The van der Waals surface area contributed by atoms with Crippen molar-refractivity contribution in [2.75, 3.05) is 12.4 Å². The monoisotopic (exact) mass is 377 g/mol. The summed E-state index contributed by atoms with van der Waals surface area (Å²) in [5.41, 5.74) is 3.92. The quantitative estimate of drug-likeness (QED) is 0.537. The number of carbonyl (C=O) groups is 2. The number of amides is 1. The molecular formula is C21H16FN3O3. The van der Waals surface area contributed by atoms with E-state index in [1.807, 2.05) is 6.92 Å². The van der Waals surface area contributed by atoms with Gasteiger partial charge in [0.15, 0.2) is 0 Å². The van der Waals surface area contributed by atoms with Crippen LogP contribution in [-0.2, 0) is 9.53 Å². The number of aryl methyl sites for hydroxylation is 1. The Morgan fingerprint density at radius 1 is 1.14 bits per heavy atom. The molecule has 1 aromatic heterocycles. The standard InChI is InChI=1S/C21H16FN3O3/c1-11-17(24-10-23-11)9-14-19-16(25-20(14)26)8-7-15(22)18(19)12-3-5-13(6-4-12)21(27)28-2/h3-10H,1-2H3,(H,23,24)(H,25,26). The average Bonchev–Trinajstić information content (AvgIpc) is 3.25. The lowest BCUT2D eigenvalue weighted by atomic mass is 9.93. The van der Waals surface area contributed by atoms with Gasteiger partial charge in [0, 0.05) is 22.5 Å². The van der Waals surface area contributed by atoms with Crippen molar-refractivity contribution in [2.45, 2.75) is 6.92 Å². The summed E-state index contributed by atoms with van der Waals surface area (Å²) in [5.74, 6) is -1.27. The molecule has 0 atom stereocenters. The fraction of sp³-hybridized carbons (Fsp3) is 0.0952. The maximum Gasteiger partial charge on any atom is 0.337 e. The van der Waals surface area contributed by atoms with Crippen molar-refractivity contribution in [1.29, 1.82) is 0 Å². The highest BCUT2D eigenvalue weighted by molar-refractivity contribution is 6.36. The number of methoxy groups -OCH3 is 1. The lowest BCUT2D eigenvalue weighted by molar-refractivity contribution is -0.110. The molecule has 3 aromatic rings. The number of benzene rings is 2. The zero-order chi connectivity index (χ0) is 19.8. The Kier molecular flexibility index (Phi) is 4.27. The van der Waals surface area contributed by atoms with Gasteiger partial charge in [-0.15, -0.1) is 0 Å². The van der Waals surface area contributed by atoms with Crippen LogP contribution in [0.25, 0.3) is 22.8 Å². The van der Waals surface area contributed by atoms with Crippen LogP contribution < -0.4 is 5.32 Å². The number of nitrogens with one attached hydrogen (secondary N) is 2. The first-order chi connectivity index (χ1) is 13.5. The van der Waals surface area contributed by atoms with Crippen LogP contribution in [-0.4, -0.2) is 29.0 Å². The number of imidazole rings is 1. The predicted octanol–water partition coefficient (Wildman–Crippen LogP) is 3.80. The molecule has 2 aromatic carbocycles. The van der Waals surface area contributed by atoms with Crippen LogP contribution in [0.3, 0.4) is 0 Å². The van der Waals surface area contributed by atoms with E-state index in [9.17, 15) is 14.0 Å². The largest absolute Gasteiger partial charge is 0.465 e. The van der Waals surface area contributed by atoms with Crippen LogP contribution >= 0.6 is 0 Å².